The minimum atomic E-state index is -0.396. The van der Waals surface area contributed by atoms with Crippen LogP contribution < -0.4 is 5.32 Å². The number of thiophene rings is 2. The molecule has 1 N–H and O–H groups in total. The number of carbonyl (C=O) groups is 2. The normalized spacial score (nSPS) is 16.5. The van der Waals surface area contributed by atoms with Crippen LogP contribution in [-0.4, -0.2) is 28.1 Å². The Hall–Kier alpha value is -3.36. The van der Waals surface area contributed by atoms with E-state index >= 15 is 0 Å². The number of benzene rings is 1. The van der Waals surface area contributed by atoms with Crippen molar-refractivity contribution in [3.05, 3.63) is 92.2 Å². The molecule has 8 heteroatoms. The second-order valence-corrected chi connectivity index (χ2v) is 11.1. The van der Waals surface area contributed by atoms with Gasteiger partial charge in [0.15, 0.2) is 0 Å². The monoisotopic (exact) mass is 517 g/mol. The Bertz CT molecular complexity index is 1420. The first kappa shape index (κ1) is 23.1. The van der Waals surface area contributed by atoms with Gasteiger partial charge in [-0.3, -0.25) is 0 Å². The number of carbonyl (C=O) groups excluding carboxylic acids is 2. The number of esters is 1. The van der Waals surface area contributed by atoms with Gasteiger partial charge in [0.2, 0.25) is 0 Å². The van der Waals surface area contributed by atoms with Crippen LogP contribution in [0, 0.1) is 0 Å². The van der Waals surface area contributed by atoms with Crippen molar-refractivity contribution in [3.63, 3.8) is 0 Å². The second kappa shape index (κ2) is 9.59. The van der Waals surface area contributed by atoms with Crippen molar-refractivity contribution in [2.24, 2.45) is 0 Å². The van der Waals surface area contributed by atoms with Crippen LogP contribution in [0.15, 0.2) is 60.1 Å². The first-order chi connectivity index (χ1) is 17.6. The maximum absolute atomic E-state index is 14.0. The van der Waals surface area contributed by atoms with Gasteiger partial charge < -0.3 is 19.5 Å². The lowest BCUT2D eigenvalue weighted by Gasteiger charge is -2.30. The summed E-state index contributed by atoms with van der Waals surface area (Å²) in [5.74, 6) is -0.396. The van der Waals surface area contributed by atoms with Crippen molar-refractivity contribution in [2.45, 2.75) is 45.2 Å². The number of aryl methyl sites for hydroxylation is 1. The summed E-state index contributed by atoms with van der Waals surface area (Å²) in [6.45, 7) is 2.62. The lowest BCUT2D eigenvalue weighted by Crippen LogP contribution is -2.37. The molecule has 3 aromatic heterocycles. The molecule has 4 heterocycles. The van der Waals surface area contributed by atoms with Crippen LogP contribution in [0.25, 0.3) is 5.00 Å². The summed E-state index contributed by atoms with van der Waals surface area (Å²) >= 11 is 3.54. The molecular formula is C28H27N3O3S2. The van der Waals surface area contributed by atoms with E-state index in [2.05, 4.69) is 39.7 Å². The van der Waals surface area contributed by atoms with Gasteiger partial charge in [-0.2, -0.15) is 0 Å². The molecule has 0 radical (unpaired) electrons. The predicted molar refractivity (Wildman–Crippen MR) is 143 cm³/mol. The fraction of sp³-hybridized carbons (Fsp3) is 0.286. The van der Waals surface area contributed by atoms with Crippen LogP contribution in [0.3, 0.4) is 0 Å². The molecule has 6 rings (SSSR count). The summed E-state index contributed by atoms with van der Waals surface area (Å²) in [6, 6.07) is 14.9. The minimum absolute atomic E-state index is 0.189. The molecule has 0 bridgehead atoms. The first-order valence-corrected chi connectivity index (χ1v) is 14.0. The number of ether oxygens (including phenoxy) is 1. The number of aromatic nitrogens is 1. The van der Waals surface area contributed by atoms with Gasteiger partial charge in [-0.05, 0) is 79.9 Å². The van der Waals surface area contributed by atoms with Gasteiger partial charge in [0, 0.05) is 27.2 Å². The molecule has 184 valence electrons. The average molecular weight is 518 g/mol. The van der Waals surface area contributed by atoms with E-state index in [1.165, 1.54) is 33.8 Å². The summed E-state index contributed by atoms with van der Waals surface area (Å²) in [7, 11) is 0. The molecule has 1 aliphatic heterocycles. The summed E-state index contributed by atoms with van der Waals surface area (Å²) in [5, 5.41) is 6.37. The molecule has 1 aliphatic carbocycles. The average Bonchev–Trinajstić information content (AvgIpc) is 3.64. The highest BCUT2D eigenvalue weighted by atomic mass is 32.1. The predicted octanol–water partition coefficient (Wildman–Crippen LogP) is 6.79. The Balaban J connectivity index is 1.41. The quantitative estimate of drug-likeness (QED) is 0.303. The Kier molecular flexibility index (Phi) is 6.15. The zero-order valence-corrected chi connectivity index (χ0v) is 21.7. The van der Waals surface area contributed by atoms with Crippen LogP contribution in [-0.2, 0) is 24.1 Å². The number of nitrogens with zero attached hydrogens (tertiary/aromatic N) is 2. The van der Waals surface area contributed by atoms with Crippen LogP contribution in [0.2, 0.25) is 0 Å². The minimum Gasteiger partial charge on any atom is -0.462 e. The summed E-state index contributed by atoms with van der Waals surface area (Å²) in [4.78, 5) is 30.7. The molecule has 6 nitrogen and oxygen atoms in total. The van der Waals surface area contributed by atoms with E-state index in [1.807, 2.05) is 22.3 Å². The van der Waals surface area contributed by atoms with Gasteiger partial charge in [-0.1, -0.05) is 12.1 Å². The Morgan fingerprint density at radius 3 is 2.81 bits per heavy atom. The van der Waals surface area contributed by atoms with Crippen LogP contribution in [0.5, 0.6) is 0 Å². The third kappa shape index (κ3) is 4.04. The van der Waals surface area contributed by atoms with Crippen LogP contribution >= 0.6 is 22.7 Å². The topological polar surface area (TPSA) is 63.6 Å². The largest absolute Gasteiger partial charge is 0.462 e. The Labute approximate surface area is 218 Å². The van der Waals surface area contributed by atoms with Crippen molar-refractivity contribution in [1.82, 2.24) is 9.47 Å². The number of urea groups is 1. The number of nitrogens with one attached hydrogen (secondary N) is 1. The fourth-order valence-corrected chi connectivity index (χ4v) is 7.52. The standard InChI is InChI=1S/C28H27N3O3S2/c1-2-34-27(32)18-8-5-9-19(16-18)29-28(33)31-17-21-20-10-3-4-12-23(20)36-26(21)30-14-6-11-22(30)25(31)24-13-7-15-35-24/h5-9,11,13-16,25H,2-4,10,12,17H2,1H3,(H,29,33)/t25-/m1/s1. The molecule has 0 saturated heterocycles. The fourth-order valence-electron chi connectivity index (χ4n) is 5.27. The van der Waals surface area contributed by atoms with Gasteiger partial charge in [0.05, 0.1) is 24.4 Å². The highest BCUT2D eigenvalue weighted by Gasteiger charge is 2.36. The molecule has 36 heavy (non-hydrogen) atoms. The molecule has 2 amide bonds. The maximum Gasteiger partial charge on any atom is 0.338 e. The number of amides is 2. The SMILES string of the molecule is CCOC(=O)c1cccc(NC(=O)N2Cc3c(sc4c3CCCC4)-n3cccc3[C@@H]2c2cccs2)c1. The van der Waals surface area contributed by atoms with E-state index in [4.69, 9.17) is 4.74 Å². The third-order valence-corrected chi connectivity index (χ3v) is 9.14. The van der Waals surface area contributed by atoms with Crippen molar-refractivity contribution >= 4 is 40.4 Å². The van der Waals surface area contributed by atoms with Crippen molar-refractivity contribution in [1.29, 1.82) is 0 Å². The van der Waals surface area contributed by atoms with E-state index in [1.54, 1.807) is 42.5 Å². The van der Waals surface area contributed by atoms with Gasteiger partial charge in [-0.25, -0.2) is 9.59 Å². The zero-order valence-electron chi connectivity index (χ0n) is 20.0. The molecule has 0 unspecified atom stereocenters. The van der Waals surface area contributed by atoms with Crippen molar-refractivity contribution in [3.8, 4) is 5.00 Å². The first-order valence-electron chi connectivity index (χ1n) is 12.3. The molecule has 1 aromatic carbocycles. The molecule has 1 atom stereocenters. The van der Waals surface area contributed by atoms with E-state index in [-0.39, 0.29) is 12.1 Å². The van der Waals surface area contributed by atoms with Gasteiger partial charge in [-0.15, -0.1) is 22.7 Å². The molecule has 2 aliphatic rings. The molecule has 4 aromatic rings. The number of rotatable bonds is 4. The summed E-state index contributed by atoms with van der Waals surface area (Å²) in [5.41, 5.74) is 4.77. The Morgan fingerprint density at radius 1 is 1.08 bits per heavy atom. The maximum atomic E-state index is 14.0. The summed E-state index contributed by atoms with van der Waals surface area (Å²) in [6.07, 6.45) is 6.73. The molecule has 0 fully saturated rings. The van der Waals surface area contributed by atoms with E-state index in [0.717, 1.165) is 23.4 Å². The molecule has 0 spiro atoms. The molecular weight excluding hydrogens is 490 g/mol. The van der Waals surface area contributed by atoms with E-state index in [9.17, 15) is 9.59 Å². The third-order valence-electron chi connectivity index (χ3n) is 6.88. The van der Waals surface area contributed by atoms with Gasteiger partial charge in [0.1, 0.15) is 11.0 Å². The highest BCUT2D eigenvalue weighted by Crippen LogP contribution is 2.44. The van der Waals surface area contributed by atoms with Crippen LogP contribution in [0.1, 0.15) is 62.7 Å². The Morgan fingerprint density at radius 2 is 1.97 bits per heavy atom. The summed E-state index contributed by atoms with van der Waals surface area (Å²) < 4.78 is 7.43. The van der Waals surface area contributed by atoms with E-state index < -0.39 is 5.97 Å². The lowest BCUT2D eigenvalue weighted by atomic mass is 9.95. The number of hydrogen-bond acceptors (Lipinski definition) is 5. The number of hydrogen-bond donors (Lipinski definition) is 1. The van der Waals surface area contributed by atoms with Gasteiger partial charge >= 0.3 is 12.0 Å². The highest BCUT2D eigenvalue weighted by molar-refractivity contribution is 7.15. The van der Waals surface area contributed by atoms with Crippen molar-refractivity contribution < 1.29 is 14.3 Å². The molecule has 0 saturated carbocycles. The smallest absolute Gasteiger partial charge is 0.338 e. The van der Waals surface area contributed by atoms with Gasteiger partial charge in [0.25, 0.3) is 0 Å². The lowest BCUT2D eigenvalue weighted by molar-refractivity contribution is 0.0526. The zero-order chi connectivity index (χ0) is 24.6. The van der Waals surface area contributed by atoms with Crippen molar-refractivity contribution in [2.75, 3.05) is 11.9 Å². The number of anilines is 1. The van der Waals surface area contributed by atoms with Crippen LogP contribution in [0.4, 0.5) is 10.5 Å². The number of fused-ring (bicyclic) bond motifs is 5. The second-order valence-electron chi connectivity index (χ2n) is 9.07. The van der Waals surface area contributed by atoms with E-state index in [0.29, 0.717) is 24.4 Å².